The number of hydrogen-bond donors (Lipinski definition) is 0. The largest absolute Gasteiger partial charge is 2.00 e. The predicted octanol–water partition coefficient (Wildman–Crippen LogP) is 5.65. The molecule has 0 radical (unpaired) electrons. The Hall–Kier alpha value is -3.68. The third-order valence-electron chi connectivity index (χ3n) is 7.80. The second-order valence-electron chi connectivity index (χ2n) is 10.8. The van der Waals surface area contributed by atoms with Crippen LogP contribution in [0.5, 0.6) is 0 Å². The van der Waals surface area contributed by atoms with Crippen LogP contribution in [0.15, 0.2) is 30.7 Å². The van der Waals surface area contributed by atoms with Crippen molar-refractivity contribution in [3.63, 3.8) is 0 Å². The van der Waals surface area contributed by atoms with Crippen LogP contribution in [0.25, 0.3) is 16.2 Å². The Morgan fingerprint density at radius 1 is 1.00 bits per heavy atom. The van der Waals surface area contributed by atoms with Gasteiger partial charge >= 0.3 is 21.1 Å². The van der Waals surface area contributed by atoms with Crippen molar-refractivity contribution < 1.29 is 29.8 Å². The summed E-state index contributed by atoms with van der Waals surface area (Å²) in [5.74, 6) is -1.52. The molecule has 8 bridgehead atoms. The fourth-order valence-corrected chi connectivity index (χ4v) is 4.50. The zero-order valence-electron chi connectivity index (χ0n) is 21.6. The Morgan fingerprint density at radius 2 is 1.71 bits per heavy atom. The zero-order valence-corrected chi connectivity index (χ0v) is 23.9. The molecule has 0 aliphatic carbocycles. The van der Waals surface area contributed by atoms with Gasteiger partial charge in [-0.15, -0.1) is 23.8 Å². The minimum Gasteiger partial charge on any atom is -0.297 e. The van der Waals surface area contributed by atoms with Crippen LogP contribution in [0.4, 0.5) is 14.5 Å². The molecule has 3 heterocycles. The molecule has 4 aromatic rings. The molecular formula is C28H23F2N7Pt. The van der Waals surface area contributed by atoms with Gasteiger partial charge in [0.15, 0.2) is 11.5 Å². The van der Waals surface area contributed by atoms with Crippen LogP contribution >= 0.6 is 0 Å². The number of hydrogen-bond acceptors (Lipinski definition) is 4. The maximum Gasteiger partial charge on any atom is 2.00 e. The van der Waals surface area contributed by atoms with Gasteiger partial charge in [0.25, 0.3) is 0 Å². The molecule has 0 N–H and O–H groups in total. The molecule has 5 rings (SSSR count). The number of fused-ring (bicyclic) bond motifs is 10. The van der Waals surface area contributed by atoms with Crippen molar-refractivity contribution >= 4 is 5.69 Å². The summed E-state index contributed by atoms with van der Waals surface area (Å²) < 4.78 is 33.9. The van der Waals surface area contributed by atoms with E-state index in [4.69, 9.17) is 11.7 Å². The Balaban J connectivity index is 0.00000336. The van der Waals surface area contributed by atoms with Crippen molar-refractivity contribution in [3.8, 4) is 17.4 Å². The van der Waals surface area contributed by atoms with E-state index >= 15 is 8.78 Å². The summed E-state index contributed by atoms with van der Waals surface area (Å²) in [6, 6.07) is 13.2. The molecule has 1 aliphatic rings. The van der Waals surface area contributed by atoms with E-state index in [0.29, 0.717) is 28.3 Å². The summed E-state index contributed by atoms with van der Waals surface area (Å²) in [6.45, 7) is 18.9. The number of rotatable bonds is 0. The van der Waals surface area contributed by atoms with E-state index in [0.717, 1.165) is 0 Å². The molecule has 0 fully saturated rings. The van der Waals surface area contributed by atoms with Crippen molar-refractivity contribution in [2.24, 2.45) is 0 Å². The monoisotopic (exact) mass is 690 g/mol. The van der Waals surface area contributed by atoms with Crippen LogP contribution in [0, 0.1) is 41.7 Å². The topological polar surface area (TPSA) is 76.7 Å². The van der Waals surface area contributed by atoms with Crippen LogP contribution in [-0.4, -0.2) is 24.5 Å². The first-order chi connectivity index (χ1) is 17.3. The smallest absolute Gasteiger partial charge is 0.297 e. The zero-order chi connectivity index (χ0) is 26.9. The molecule has 2 aromatic carbocycles. The summed E-state index contributed by atoms with van der Waals surface area (Å²) >= 11 is 0. The van der Waals surface area contributed by atoms with E-state index in [9.17, 15) is 5.26 Å². The second kappa shape index (κ2) is 8.96. The number of nitriles is 1. The first kappa shape index (κ1) is 27.4. The average molecular weight is 691 g/mol. The number of halogens is 2. The maximum absolute atomic E-state index is 15.7. The van der Waals surface area contributed by atoms with Gasteiger partial charge < -0.3 is 0 Å². The van der Waals surface area contributed by atoms with Gasteiger partial charge in [0.05, 0.1) is 18.3 Å². The van der Waals surface area contributed by atoms with Gasteiger partial charge in [-0.3, -0.25) is 18.3 Å². The van der Waals surface area contributed by atoms with Gasteiger partial charge in [0.1, 0.15) is 6.33 Å². The number of benzene rings is 2. The third-order valence-corrected chi connectivity index (χ3v) is 7.80. The first-order valence-electron chi connectivity index (χ1n) is 11.6. The molecule has 0 unspecified atom stereocenters. The van der Waals surface area contributed by atoms with Gasteiger partial charge in [-0.2, -0.15) is 27.1 Å². The summed E-state index contributed by atoms with van der Waals surface area (Å²) in [7, 11) is 0. The van der Waals surface area contributed by atoms with E-state index in [1.54, 1.807) is 44.6 Å². The van der Waals surface area contributed by atoms with Gasteiger partial charge in [0.2, 0.25) is 0 Å². The fourth-order valence-electron chi connectivity index (χ4n) is 4.50. The Bertz CT molecular complexity index is 1670. The molecule has 7 nitrogen and oxygen atoms in total. The SMILES string of the molecule is [C-]#[N+]c1c(F)c2[c-]c(c1F)C(C)(C)c1[c-]c(cc(C#N)c1)-n1cnc(n1)C(C)(C)C(C)(C)c1ccn-2n1.[Pt+2]. The van der Waals surface area contributed by atoms with Gasteiger partial charge in [-0.25, -0.2) is 9.67 Å². The number of nitrogens with zero attached hydrogens (tertiary/aromatic N) is 7. The fraction of sp³-hybridized carbons (Fsp3) is 0.321. The van der Waals surface area contributed by atoms with Crippen molar-refractivity contribution in [3.05, 3.63) is 94.1 Å². The summed E-state index contributed by atoms with van der Waals surface area (Å²) in [6.07, 6.45) is 3.13. The van der Waals surface area contributed by atoms with Gasteiger partial charge in [-0.1, -0.05) is 47.1 Å². The van der Waals surface area contributed by atoms with Gasteiger partial charge in [0, 0.05) is 28.7 Å². The summed E-state index contributed by atoms with van der Waals surface area (Å²) in [5.41, 5.74) is -1.55. The Morgan fingerprint density at radius 3 is 2.37 bits per heavy atom. The van der Waals surface area contributed by atoms with Crippen LogP contribution in [0.1, 0.15) is 69.8 Å². The molecule has 10 heteroatoms. The van der Waals surface area contributed by atoms with Crippen molar-refractivity contribution in [2.75, 3.05) is 0 Å². The minimum atomic E-state index is -1.16. The maximum atomic E-state index is 15.7. The number of aromatic nitrogens is 5. The molecule has 0 spiro atoms. The third kappa shape index (κ3) is 3.80. The normalized spacial score (nSPS) is 16.3. The van der Waals surface area contributed by atoms with E-state index in [-0.39, 0.29) is 32.3 Å². The minimum absolute atomic E-state index is 0. The molecule has 0 atom stereocenters. The first-order valence-corrected chi connectivity index (χ1v) is 11.6. The van der Waals surface area contributed by atoms with Crippen molar-refractivity contribution in [2.45, 2.75) is 57.8 Å². The quantitative estimate of drug-likeness (QED) is 0.224. The van der Waals surface area contributed by atoms with Gasteiger partial charge in [-0.05, 0) is 22.9 Å². The summed E-state index contributed by atoms with van der Waals surface area (Å²) in [5, 5.41) is 19.1. The van der Waals surface area contributed by atoms with E-state index in [1.165, 1.54) is 9.36 Å². The molecule has 1 aliphatic heterocycles. The van der Waals surface area contributed by atoms with E-state index < -0.39 is 33.6 Å². The molecule has 2 aromatic heterocycles. The molecule has 0 saturated carbocycles. The molecule has 194 valence electrons. The van der Waals surface area contributed by atoms with Crippen molar-refractivity contribution in [1.29, 1.82) is 5.26 Å². The molecule has 38 heavy (non-hydrogen) atoms. The molecule has 0 amide bonds. The molecule has 0 saturated heterocycles. The van der Waals surface area contributed by atoms with E-state index in [2.05, 4.69) is 33.1 Å². The van der Waals surface area contributed by atoms with Crippen LogP contribution in [0.3, 0.4) is 0 Å². The van der Waals surface area contributed by atoms with Crippen LogP contribution < -0.4 is 0 Å². The predicted molar refractivity (Wildman–Crippen MR) is 132 cm³/mol. The Kier molecular flexibility index (Phi) is 6.45. The van der Waals surface area contributed by atoms with Crippen LogP contribution in [0.2, 0.25) is 0 Å². The Labute approximate surface area is 234 Å². The molecular weight excluding hydrogens is 667 g/mol. The van der Waals surface area contributed by atoms with E-state index in [1.807, 2.05) is 27.7 Å². The summed E-state index contributed by atoms with van der Waals surface area (Å²) in [4.78, 5) is 7.73. The standard InChI is InChI=1S/C28H23F2N7.Pt/c1-26(2)17-10-16(14-31)11-18(12-17)37-15-33-25(35-37)28(5,6)27(3,4)21-8-9-36(34-21)20-13-19(26)22(29)24(32-7)23(20)30;/h8-11,15H,1-6H3;/q-2;+2. The van der Waals surface area contributed by atoms with Crippen molar-refractivity contribution in [1.82, 2.24) is 24.5 Å². The average Bonchev–Trinajstić information content (AvgIpc) is 3.54. The second-order valence-corrected chi connectivity index (χ2v) is 10.8. The van der Waals surface area contributed by atoms with Crippen LogP contribution in [-0.2, 0) is 37.3 Å².